The number of benzene rings is 1. The highest BCUT2D eigenvalue weighted by molar-refractivity contribution is 6.42. The van der Waals surface area contributed by atoms with E-state index in [0.29, 0.717) is 35.5 Å². The number of carbonyl (C=O) groups excluding carboxylic acids is 1. The normalized spacial score (nSPS) is 19.1. The minimum absolute atomic E-state index is 0.00389. The third-order valence-electron chi connectivity index (χ3n) is 3.46. The predicted molar refractivity (Wildman–Crippen MR) is 89.8 cm³/mol. The molecule has 1 aliphatic heterocycles. The van der Waals surface area contributed by atoms with Gasteiger partial charge in [0.2, 0.25) is 5.91 Å². The smallest absolute Gasteiger partial charge is 0.221 e. The molecule has 1 atom stereocenters. The number of hydrogen-bond acceptors (Lipinski definition) is 3. The number of hydrogen-bond donors (Lipinski definition) is 1. The maximum Gasteiger partial charge on any atom is 0.221 e. The van der Waals surface area contributed by atoms with Crippen LogP contribution in [0.2, 0.25) is 10.0 Å². The van der Waals surface area contributed by atoms with Gasteiger partial charge in [-0.1, -0.05) is 29.3 Å². The lowest BCUT2D eigenvalue weighted by molar-refractivity contribution is -0.121. The van der Waals surface area contributed by atoms with Crippen molar-refractivity contribution in [2.45, 2.75) is 19.1 Å². The van der Waals surface area contributed by atoms with E-state index in [-0.39, 0.29) is 12.0 Å². The van der Waals surface area contributed by atoms with E-state index in [9.17, 15) is 4.79 Å². The summed E-state index contributed by atoms with van der Waals surface area (Å²) >= 11 is 17.5. The number of nitrogens with zero attached hydrogens (tertiary/aromatic N) is 1. The van der Waals surface area contributed by atoms with Crippen molar-refractivity contribution in [2.24, 2.45) is 0 Å². The Morgan fingerprint density at radius 3 is 2.91 bits per heavy atom. The lowest BCUT2D eigenvalue weighted by Gasteiger charge is -2.33. The second-order valence-corrected chi connectivity index (χ2v) is 6.41. The summed E-state index contributed by atoms with van der Waals surface area (Å²) in [4.78, 5) is 13.7. The van der Waals surface area contributed by atoms with E-state index in [1.807, 2.05) is 18.2 Å². The molecule has 1 fully saturated rings. The van der Waals surface area contributed by atoms with Crippen LogP contribution in [-0.2, 0) is 16.1 Å². The standard InChI is InChI=1S/C15H19Cl3N2O2/c16-4-3-15(21)19-8-12-10-20(5-6-22-12)9-11-1-2-13(17)14(18)7-11/h1-2,7,12H,3-6,8-10H2,(H,19,21). The first kappa shape index (κ1) is 17.8. The lowest BCUT2D eigenvalue weighted by Crippen LogP contribution is -2.47. The molecular formula is C15H19Cl3N2O2. The quantitative estimate of drug-likeness (QED) is 0.788. The van der Waals surface area contributed by atoms with Crippen molar-refractivity contribution < 1.29 is 9.53 Å². The van der Waals surface area contributed by atoms with Gasteiger partial charge in [0.25, 0.3) is 0 Å². The first-order chi connectivity index (χ1) is 10.6. The van der Waals surface area contributed by atoms with Crippen molar-refractivity contribution in [1.29, 1.82) is 0 Å². The van der Waals surface area contributed by atoms with Crippen molar-refractivity contribution in [1.82, 2.24) is 10.2 Å². The van der Waals surface area contributed by atoms with Gasteiger partial charge >= 0.3 is 0 Å². The molecule has 0 aromatic heterocycles. The van der Waals surface area contributed by atoms with Crippen LogP contribution in [0.3, 0.4) is 0 Å². The molecule has 1 amide bonds. The molecule has 4 nitrogen and oxygen atoms in total. The van der Waals surface area contributed by atoms with Crippen LogP contribution < -0.4 is 5.32 Å². The fourth-order valence-electron chi connectivity index (χ4n) is 2.35. The molecule has 2 rings (SSSR count). The molecular weight excluding hydrogens is 347 g/mol. The van der Waals surface area contributed by atoms with E-state index in [0.717, 1.165) is 25.2 Å². The van der Waals surface area contributed by atoms with Gasteiger partial charge in [-0.05, 0) is 17.7 Å². The summed E-state index contributed by atoms with van der Waals surface area (Å²) in [5.41, 5.74) is 1.11. The van der Waals surface area contributed by atoms with Gasteiger partial charge in [-0.3, -0.25) is 9.69 Å². The van der Waals surface area contributed by atoms with E-state index in [2.05, 4.69) is 10.2 Å². The SMILES string of the molecule is O=C(CCCl)NCC1CN(Cc2ccc(Cl)c(Cl)c2)CCO1. The first-order valence-corrected chi connectivity index (χ1v) is 8.48. The Hall–Kier alpha value is -0.520. The highest BCUT2D eigenvalue weighted by atomic mass is 35.5. The van der Waals surface area contributed by atoms with Gasteiger partial charge < -0.3 is 10.1 Å². The average Bonchev–Trinajstić information content (AvgIpc) is 2.50. The Kier molecular flexibility index (Phi) is 7.25. The number of ether oxygens (including phenoxy) is 1. The van der Waals surface area contributed by atoms with Gasteiger partial charge in [0, 0.05) is 38.5 Å². The number of alkyl halides is 1. The van der Waals surface area contributed by atoms with Gasteiger partial charge in [-0.25, -0.2) is 0 Å². The monoisotopic (exact) mass is 364 g/mol. The van der Waals surface area contributed by atoms with E-state index in [1.54, 1.807) is 0 Å². The summed E-state index contributed by atoms with van der Waals surface area (Å²) in [7, 11) is 0. The number of nitrogens with one attached hydrogen (secondary N) is 1. The van der Waals surface area contributed by atoms with Gasteiger partial charge in [0.05, 0.1) is 22.8 Å². The number of rotatable bonds is 6. The Balaban J connectivity index is 1.82. The average molecular weight is 366 g/mol. The zero-order valence-electron chi connectivity index (χ0n) is 12.2. The summed E-state index contributed by atoms with van der Waals surface area (Å²) in [6, 6.07) is 5.67. The van der Waals surface area contributed by atoms with Crippen LogP contribution in [0.1, 0.15) is 12.0 Å². The van der Waals surface area contributed by atoms with Crippen LogP contribution in [0.25, 0.3) is 0 Å². The largest absolute Gasteiger partial charge is 0.374 e. The Morgan fingerprint density at radius 1 is 1.36 bits per heavy atom. The zero-order valence-corrected chi connectivity index (χ0v) is 14.4. The van der Waals surface area contributed by atoms with Gasteiger partial charge in [0.15, 0.2) is 0 Å². The molecule has 0 saturated carbocycles. The predicted octanol–water partition coefficient (Wildman–Crippen LogP) is 2.94. The molecule has 22 heavy (non-hydrogen) atoms. The van der Waals surface area contributed by atoms with Gasteiger partial charge in [-0.2, -0.15) is 0 Å². The minimum atomic E-state index is -0.0415. The van der Waals surface area contributed by atoms with Crippen LogP contribution in [0.5, 0.6) is 0 Å². The van der Waals surface area contributed by atoms with E-state index >= 15 is 0 Å². The zero-order chi connectivity index (χ0) is 15.9. The summed E-state index contributed by atoms with van der Waals surface area (Å²) < 4.78 is 5.68. The van der Waals surface area contributed by atoms with Crippen LogP contribution in [0.15, 0.2) is 18.2 Å². The molecule has 1 saturated heterocycles. The number of carbonyl (C=O) groups is 1. The molecule has 1 aliphatic rings. The molecule has 1 heterocycles. The van der Waals surface area contributed by atoms with Crippen LogP contribution in [0.4, 0.5) is 0 Å². The third kappa shape index (κ3) is 5.60. The first-order valence-electron chi connectivity index (χ1n) is 7.19. The summed E-state index contributed by atoms with van der Waals surface area (Å²) in [5.74, 6) is 0.293. The van der Waals surface area contributed by atoms with Crippen LogP contribution >= 0.6 is 34.8 Å². The number of amides is 1. The molecule has 1 aromatic carbocycles. The van der Waals surface area contributed by atoms with Gasteiger partial charge in [-0.15, -0.1) is 11.6 Å². The number of halogens is 3. The summed E-state index contributed by atoms with van der Waals surface area (Å²) in [6.07, 6.45) is 0.331. The lowest BCUT2D eigenvalue weighted by atomic mass is 10.2. The van der Waals surface area contributed by atoms with Crippen molar-refractivity contribution in [3.05, 3.63) is 33.8 Å². The Bertz CT molecular complexity index is 514. The molecule has 1 unspecified atom stereocenters. The van der Waals surface area contributed by atoms with E-state index < -0.39 is 0 Å². The summed E-state index contributed by atoms with van der Waals surface area (Å²) in [5, 5.41) is 3.97. The highest BCUT2D eigenvalue weighted by Gasteiger charge is 2.21. The summed E-state index contributed by atoms with van der Waals surface area (Å²) in [6.45, 7) is 3.56. The Labute approximate surface area is 145 Å². The fourth-order valence-corrected chi connectivity index (χ4v) is 2.84. The van der Waals surface area contributed by atoms with Crippen molar-refractivity contribution >= 4 is 40.7 Å². The fraction of sp³-hybridized carbons (Fsp3) is 0.533. The van der Waals surface area contributed by atoms with Crippen LogP contribution in [0, 0.1) is 0 Å². The molecule has 0 aliphatic carbocycles. The molecule has 0 spiro atoms. The van der Waals surface area contributed by atoms with Gasteiger partial charge in [0.1, 0.15) is 0 Å². The second-order valence-electron chi connectivity index (χ2n) is 5.22. The van der Waals surface area contributed by atoms with E-state index in [4.69, 9.17) is 39.5 Å². The molecule has 1 N–H and O–H groups in total. The topological polar surface area (TPSA) is 41.6 Å². The Morgan fingerprint density at radius 2 is 2.18 bits per heavy atom. The number of morpholine rings is 1. The van der Waals surface area contributed by atoms with Crippen molar-refractivity contribution in [3.8, 4) is 0 Å². The molecule has 7 heteroatoms. The van der Waals surface area contributed by atoms with E-state index in [1.165, 1.54) is 0 Å². The van der Waals surface area contributed by atoms with Crippen molar-refractivity contribution in [3.63, 3.8) is 0 Å². The maximum absolute atomic E-state index is 11.4. The third-order valence-corrected chi connectivity index (χ3v) is 4.39. The maximum atomic E-state index is 11.4. The van der Waals surface area contributed by atoms with Crippen molar-refractivity contribution in [2.75, 3.05) is 32.1 Å². The van der Waals surface area contributed by atoms with Crippen LogP contribution in [-0.4, -0.2) is 49.0 Å². The molecule has 122 valence electrons. The molecule has 1 aromatic rings. The highest BCUT2D eigenvalue weighted by Crippen LogP contribution is 2.23. The molecule has 0 bridgehead atoms. The second kappa shape index (κ2) is 8.94. The molecule has 0 radical (unpaired) electrons. The minimum Gasteiger partial charge on any atom is -0.374 e.